The van der Waals surface area contributed by atoms with Crippen LogP contribution >= 0.6 is 0 Å². The number of aryl methyl sites for hydroxylation is 2. The number of fused-ring (bicyclic) bond motifs is 1. The zero-order valence-electron chi connectivity index (χ0n) is 13.5. The Bertz CT molecular complexity index is 471. The van der Waals surface area contributed by atoms with Gasteiger partial charge in [-0.25, -0.2) is 0 Å². The van der Waals surface area contributed by atoms with Crippen LogP contribution in [0.15, 0.2) is 18.2 Å². The van der Waals surface area contributed by atoms with Crippen molar-refractivity contribution in [1.82, 2.24) is 5.32 Å². The number of hydrogen-bond donors (Lipinski definition) is 1. The fraction of sp³-hybridized carbons (Fsp3) is 0.684. The molecule has 21 heavy (non-hydrogen) atoms. The highest BCUT2D eigenvalue weighted by atomic mass is 16.5. The topological polar surface area (TPSA) is 21.3 Å². The summed E-state index contributed by atoms with van der Waals surface area (Å²) in [6, 6.07) is 7.56. The van der Waals surface area contributed by atoms with Crippen molar-refractivity contribution < 1.29 is 4.74 Å². The van der Waals surface area contributed by atoms with Crippen LogP contribution in [0, 0.1) is 5.92 Å². The average molecular weight is 287 g/mol. The molecule has 1 heterocycles. The van der Waals surface area contributed by atoms with E-state index in [0.29, 0.717) is 18.1 Å². The molecule has 0 radical (unpaired) electrons. The van der Waals surface area contributed by atoms with Crippen LogP contribution in [0.2, 0.25) is 0 Å². The molecule has 3 rings (SSSR count). The molecule has 2 nitrogen and oxygen atoms in total. The second-order valence-corrected chi connectivity index (χ2v) is 6.73. The Morgan fingerprint density at radius 1 is 1.24 bits per heavy atom. The SMILES string of the molecule is CCC1OCCC1CNC(C)c1ccc2c(c1)CCCC2. The maximum Gasteiger partial charge on any atom is 0.0613 e. The highest BCUT2D eigenvalue weighted by Crippen LogP contribution is 2.26. The van der Waals surface area contributed by atoms with E-state index in [1.807, 2.05) is 0 Å². The van der Waals surface area contributed by atoms with Crippen molar-refractivity contribution in [2.75, 3.05) is 13.2 Å². The zero-order valence-corrected chi connectivity index (χ0v) is 13.5. The quantitative estimate of drug-likeness (QED) is 0.883. The summed E-state index contributed by atoms with van der Waals surface area (Å²) in [7, 11) is 0. The zero-order chi connectivity index (χ0) is 14.7. The van der Waals surface area contributed by atoms with Crippen LogP contribution in [0.5, 0.6) is 0 Å². The van der Waals surface area contributed by atoms with Gasteiger partial charge in [-0.3, -0.25) is 0 Å². The minimum absolute atomic E-state index is 0.440. The van der Waals surface area contributed by atoms with Gasteiger partial charge in [-0.1, -0.05) is 25.1 Å². The molecule has 1 saturated heterocycles. The van der Waals surface area contributed by atoms with Crippen molar-refractivity contribution in [3.8, 4) is 0 Å². The fourth-order valence-electron chi connectivity index (χ4n) is 3.85. The first-order valence-corrected chi connectivity index (χ1v) is 8.74. The number of benzene rings is 1. The Kier molecular flexibility index (Phi) is 4.97. The van der Waals surface area contributed by atoms with Crippen LogP contribution in [0.4, 0.5) is 0 Å². The van der Waals surface area contributed by atoms with Crippen LogP contribution in [0.25, 0.3) is 0 Å². The lowest BCUT2D eigenvalue weighted by molar-refractivity contribution is 0.0867. The average Bonchev–Trinajstić information content (AvgIpc) is 2.99. The Labute approximate surface area is 129 Å². The Morgan fingerprint density at radius 3 is 2.86 bits per heavy atom. The molecule has 0 aromatic heterocycles. The molecule has 1 fully saturated rings. The molecule has 0 spiro atoms. The maximum absolute atomic E-state index is 5.79. The van der Waals surface area contributed by atoms with Gasteiger partial charge in [0.2, 0.25) is 0 Å². The molecule has 0 saturated carbocycles. The van der Waals surface area contributed by atoms with E-state index in [-0.39, 0.29) is 0 Å². The predicted molar refractivity (Wildman–Crippen MR) is 87.6 cm³/mol. The lowest BCUT2D eigenvalue weighted by Gasteiger charge is -2.23. The van der Waals surface area contributed by atoms with Gasteiger partial charge in [-0.2, -0.15) is 0 Å². The second-order valence-electron chi connectivity index (χ2n) is 6.73. The van der Waals surface area contributed by atoms with Gasteiger partial charge in [0.15, 0.2) is 0 Å². The van der Waals surface area contributed by atoms with E-state index in [1.54, 1.807) is 11.1 Å². The first-order chi connectivity index (χ1) is 10.3. The van der Waals surface area contributed by atoms with Crippen LogP contribution in [-0.2, 0) is 17.6 Å². The highest BCUT2D eigenvalue weighted by Gasteiger charge is 2.26. The molecular weight excluding hydrogens is 258 g/mol. The molecular formula is C19H29NO. The summed E-state index contributed by atoms with van der Waals surface area (Å²) in [6.45, 7) is 6.55. The van der Waals surface area contributed by atoms with Crippen molar-refractivity contribution in [3.05, 3.63) is 34.9 Å². The molecule has 3 unspecified atom stereocenters. The summed E-state index contributed by atoms with van der Waals surface area (Å²) >= 11 is 0. The predicted octanol–water partition coefficient (Wildman–Crippen LogP) is 4.03. The number of nitrogens with one attached hydrogen (secondary N) is 1. The van der Waals surface area contributed by atoms with Crippen molar-refractivity contribution in [2.45, 2.75) is 64.5 Å². The van der Waals surface area contributed by atoms with E-state index >= 15 is 0 Å². The van der Waals surface area contributed by atoms with Crippen LogP contribution in [0.3, 0.4) is 0 Å². The van der Waals surface area contributed by atoms with Crippen molar-refractivity contribution in [3.63, 3.8) is 0 Å². The lowest BCUT2D eigenvalue weighted by Crippen LogP contribution is -2.30. The van der Waals surface area contributed by atoms with E-state index in [4.69, 9.17) is 4.74 Å². The van der Waals surface area contributed by atoms with Crippen LogP contribution < -0.4 is 5.32 Å². The molecule has 2 heteroatoms. The summed E-state index contributed by atoms with van der Waals surface area (Å²) in [5.74, 6) is 0.690. The van der Waals surface area contributed by atoms with Crippen molar-refractivity contribution in [2.24, 2.45) is 5.92 Å². The second kappa shape index (κ2) is 6.93. The molecule has 1 aliphatic heterocycles. The van der Waals surface area contributed by atoms with E-state index in [2.05, 4.69) is 37.4 Å². The third kappa shape index (κ3) is 3.49. The van der Waals surface area contributed by atoms with Gasteiger partial charge >= 0.3 is 0 Å². The van der Waals surface area contributed by atoms with Gasteiger partial charge in [0.25, 0.3) is 0 Å². The molecule has 1 N–H and O–H groups in total. The third-order valence-corrected chi connectivity index (χ3v) is 5.31. The van der Waals surface area contributed by atoms with E-state index in [1.165, 1.54) is 37.7 Å². The number of hydrogen-bond acceptors (Lipinski definition) is 2. The van der Waals surface area contributed by atoms with E-state index < -0.39 is 0 Å². The summed E-state index contributed by atoms with van der Waals surface area (Å²) in [4.78, 5) is 0. The fourth-order valence-corrected chi connectivity index (χ4v) is 3.85. The smallest absolute Gasteiger partial charge is 0.0613 e. The molecule has 116 valence electrons. The molecule has 1 aromatic carbocycles. The van der Waals surface area contributed by atoms with Crippen molar-refractivity contribution in [1.29, 1.82) is 0 Å². The first-order valence-electron chi connectivity index (χ1n) is 8.74. The molecule has 1 aromatic rings. The van der Waals surface area contributed by atoms with Gasteiger partial charge in [-0.15, -0.1) is 0 Å². The van der Waals surface area contributed by atoms with Gasteiger partial charge in [0, 0.05) is 19.2 Å². The third-order valence-electron chi connectivity index (χ3n) is 5.31. The summed E-state index contributed by atoms with van der Waals surface area (Å²) in [5, 5.41) is 3.73. The normalized spacial score (nSPS) is 26.6. The molecule has 2 aliphatic rings. The molecule has 3 atom stereocenters. The van der Waals surface area contributed by atoms with Gasteiger partial charge in [0.05, 0.1) is 6.10 Å². The lowest BCUT2D eigenvalue weighted by atomic mass is 9.89. The minimum Gasteiger partial charge on any atom is -0.378 e. The summed E-state index contributed by atoms with van der Waals surface area (Å²) < 4.78 is 5.79. The summed E-state index contributed by atoms with van der Waals surface area (Å²) in [5.41, 5.74) is 4.61. The Balaban J connectivity index is 1.59. The molecule has 1 aliphatic carbocycles. The standard InChI is InChI=1S/C19H29NO/c1-3-19-18(10-11-21-19)13-20-14(2)16-9-8-15-6-4-5-7-17(15)12-16/h8-9,12,14,18-20H,3-7,10-11,13H2,1-2H3. The van der Waals surface area contributed by atoms with E-state index in [0.717, 1.165) is 19.6 Å². The van der Waals surface area contributed by atoms with Crippen molar-refractivity contribution >= 4 is 0 Å². The minimum atomic E-state index is 0.440. The monoisotopic (exact) mass is 287 g/mol. The largest absolute Gasteiger partial charge is 0.378 e. The molecule has 0 amide bonds. The highest BCUT2D eigenvalue weighted by molar-refractivity contribution is 5.35. The van der Waals surface area contributed by atoms with Crippen LogP contribution in [-0.4, -0.2) is 19.3 Å². The number of ether oxygens (including phenoxy) is 1. The Morgan fingerprint density at radius 2 is 2.05 bits per heavy atom. The maximum atomic E-state index is 5.79. The summed E-state index contributed by atoms with van der Waals surface area (Å²) in [6.07, 6.45) is 8.07. The van der Waals surface area contributed by atoms with Gasteiger partial charge in [0.1, 0.15) is 0 Å². The Hall–Kier alpha value is -0.860. The van der Waals surface area contributed by atoms with Gasteiger partial charge < -0.3 is 10.1 Å². The van der Waals surface area contributed by atoms with E-state index in [9.17, 15) is 0 Å². The van der Waals surface area contributed by atoms with Gasteiger partial charge in [-0.05, 0) is 68.1 Å². The molecule has 0 bridgehead atoms. The first kappa shape index (κ1) is 15.1. The van der Waals surface area contributed by atoms with Crippen LogP contribution in [0.1, 0.15) is 62.3 Å². The number of rotatable bonds is 5.